The second-order valence-corrected chi connectivity index (χ2v) is 12.5. The molecule has 0 aliphatic carbocycles. The Balaban J connectivity index is 1.38. The van der Waals surface area contributed by atoms with Crippen LogP contribution < -0.4 is 16.2 Å². The summed E-state index contributed by atoms with van der Waals surface area (Å²) in [6.07, 6.45) is 3.78. The number of tetrazole rings is 1. The molecule has 0 spiro atoms. The molecule has 0 unspecified atom stereocenters. The van der Waals surface area contributed by atoms with Crippen LogP contribution in [0.5, 0.6) is 0 Å². The van der Waals surface area contributed by atoms with Gasteiger partial charge in [-0.3, -0.25) is 14.9 Å². The zero-order chi connectivity index (χ0) is 34.4. The monoisotopic (exact) mass is 675 g/mol. The molecule has 3 heterocycles. The molecule has 5 rings (SSSR count). The van der Waals surface area contributed by atoms with E-state index in [1.165, 1.54) is 24.2 Å². The molecule has 250 valence electrons. The number of nitrogens with zero attached hydrogens (tertiary/aromatic N) is 6. The SMILES string of the molecule is COC(=O)Nc1ccc(-c2cc([C@H](CC3CN(C(=O)OC(C)(C)C)C3)NC(=O)/C=C/c3cc(Cl)ccc3-n3cnnn3)n[nH]c2=O)cc1. The van der Waals surface area contributed by atoms with E-state index in [2.05, 4.69) is 41.1 Å². The number of hydrogen-bond acceptors (Lipinski definition) is 10. The molecule has 2 aromatic heterocycles. The lowest BCUT2D eigenvalue weighted by Gasteiger charge is -2.41. The highest BCUT2D eigenvalue weighted by molar-refractivity contribution is 6.30. The molecule has 0 bridgehead atoms. The van der Waals surface area contributed by atoms with E-state index in [-0.39, 0.29) is 5.92 Å². The molecular formula is C32H34ClN9O6. The number of carbonyl (C=O) groups excluding carboxylic acids is 3. The van der Waals surface area contributed by atoms with Crippen LogP contribution in [0.1, 0.15) is 44.5 Å². The number of H-pyrrole nitrogens is 1. The summed E-state index contributed by atoms with van der Waals surface area (Å²) < 4.78 is 11.6. The number of rotatable bonds is 9. The predicted molar refractivity (Wildman–Crippen MR) is 176 cm³/mol. The summed E-state index contributed by atoms with van der Waals surface area (Å²) in [5.74, 6) is -0.411. The van der Waals surface area contributed by atoms with Gasteiger partial charge < -0.3 is 19.7 Å². The first-order chi connectivity index (χ1) is 22.9. The second-order valence-electron chi connectivity index (χ2n) is 12.1. The summed E-state index contributed by atoms with van der Waals surface area (Å²) in [4.78, 5) is 51.9. The van der Waals surface area contributed by atoms with Crippen molar-refractivity contribution in [2.45, 2.75) is 38.8 Å². The average Bonchev–Trinajstić information content (AvgIpc) is 3.56. The van der Waals surface area contributed by atoms with Crippen molar-refractivity contribution in [2.24, 2.45) is 5.92 Å². The van der Waals surface area contributed by atoms with Crippen molar-refractivity contribution in [3.8, 4) is 16.8 Å². The van der Waals surface area contributed by atoms with Gasteiger partial charge in [-0.25, -0.2) is 14.7 Å². The van der Waals surface area contributed by atoms with Gasteiger partial charge in [-0.05, 0) is 91.6 Å². The molecule has 1 atom stereocenters. The maximum Gasteiger partial charge on any atom is 0.411 e. The zero-order valence-electron chi connectivity index (χ0n) is 26.6. The first-order valence-corrected chi connectivity index (χ1v) is 15.3. The summed E-state index contributed by atoms with van der Waals surface area (Å²) in [5, 5.41) is 24.1. The maximum absolute atomic E-state index is 13.4. The van der Waals surface area contributed by atoms with Gasteiger partial charge in [-0.15, -0.1) is 5.10 Å². The van der Waals surface area contributed by atoms with Crippen LogP contribution in [0.2, 0.25) is 5.02 Å². The van der Waals surface area contributed by atoms with Gasteiger partial charge in [0.05, 0.1) is 30.1 Å². The van der Waals surface area contributed by atoms with Gasteiger partial charge in [0.15, 0.2) is 0 Å². The van der Waals surface area contributed by atoms with E-state index < -0.39 is 35.3 Å². The normalized spacial score (nSPS) is 13.9. The first kappa shape index (κ1) is 33.8. The Labute approximate surface area is 280 Å². The Kier molecular flexibility index (Phi) is 10.2. The molecule has 0 radical (unpaired) electrons. The fourth-order valence-electron chi connectivity index (χ4n) is 5.02. The number of anilines is 1. The lowest BCUT2D eigenvalue weighted by molar-refractivity contribution is -0.117. The van der Waals surface area contributed by atoms with Gasteiger partial charge in [0.1, 0.15) is 11.9 Å². The Morgan fingerprint density at radius 1 is 1.12 bits per heavy atom. The van der Waals surface area contributed by atoms with Crippen molar-refractivity contribution in [1.82, 2.24) is 40.6 Å². The number of benzene rings is 2. The minimum Gasteiger partial charge on any atom is -0.453 e. The van der Waals surface area contributed by atoms with Gasteiger partial charge in [0, 0.05) is 35.4 Å². The quantitative estimate of drug-likeness (QED) is 0.215. The largest absolute Gasteiger partial charge is 0.453 e. The molecule has 15 nitrogen and oxygen atoms in total. The van der Waals surface area contributed by atoms with Gasteiger partial charge in [-0.2, -0.15) is 9.78 Å². The van der Waals surface area contributed by atoms with Crippen LogP contribution in [0.25, 0.3) is 22.9 Å². The summed E-state index contributed by atoms with van der Waals surface area (Å²) in [7, 11) is 1.26. The Bertz CT molecular complexity index is 1860. The number of aromatic nitrogens is 6. The third-order valence-electron chi connectivity index (χ3n) is 7.30. The fraction of sp³-hybridized carbons (Fsp3) is 0.312. The molecule has 1 aliphatic rings. The van der Waals surface area contributed by atoms with Crippen LogP contribution >= 0.6 is 11.6 Å². The van der Waals surface area contributed by atoms with Crippen LogP contribution in [0, 0.1) is 5.92 Å². The molecule has 3 amide bonds. The molecule has 2 aromatic carbocycles. The van der Waals surface area contributed by atoms with E-state index in [0.717, 1.165) is 0 Å². The maximum atomic E-state index is 13.4. The molecule has 16 heteroatoms. The van der Waals surface area contributed by atoms with Gasteiger partial charge in [-0.1, -0.05) is 23.7 Å². The predicted octanol–water partition coefficient (Wildman–Crippen LogP) is 4.37. The summed E-state index contributed by atoms with van der Waals surface area (Å²) in [5.41, 5.74) is 1.93. The van der Waals surface area contributed by atoms with Gasteiger partial charge in [0.25, 0.3) is 5.56 Å². The molecule has 1 saturated heterocycles. The summed E-state index contributed by atoms with van der Waals surface area (Å²) in [6.45, 7) is 6.27. The van der Waals surface area contributed by atoms with Crippen molar-refractivity contribution in [3.63, 3.8) is 0 Å². The summed E-state index contributed by atoms with van der Waals surface area (Å²) in [6, 6.07) is 12.7. The minimum absolute atomic E-state index is 0.0204. The molecule has 1 fully saturated rings. The van der Waals surface area contributed by atoms with Crippen LogP contribution in [0.4, 0.5) is 15.3 Å². The fourth-order valence-corrected chi connectivity index (χ4v) is 5.20. The van der Waals surface area contributed by atoms with Gasteiger partial charge >= 0.3 is 12.2 Å². The van der Waals surface area contributed by atoms with E-state index in [1.54, 1.807) is 80.3 Å². The topological polar surface area (TPSA) is 186 Å². The molecule has 3 N–H and O–H groups in total. The van der Waals surface area contributed by atoms with Gasteiger partial charge in [0.2, 0.25) is 5.91 Å². The van der Waals surface area contributed by atoms with Crippen molar-refractivity contribution in [3.05, 3.63) is 87.6 Å². The van der Waals surface area contributed by atoms with Crippen molar-refractivity contribution in [1.29, 1.82) is 0 Å². The number of amides is 3. The van der Waals surface area contributed by atoms with E-state index in [1.807, 2.05) is 0 Å². The van der Waals surface area contributed by atoms with Crippen LogP contribution in [-0.2, 0) is 14.3 Å². The standard InChI is InChI=1S/C32H34ClN9O6/c1-32(2,3)48-31(46)41-16-19(17-41)13-25(36-28(43)12-7-21-14-22(33)8-11-27(21)42-18-34-39-40-42)26-15-24(29(44)38-37-26)20-5-9-23(10-6-20)35-30(45)47-4/h5-12,14-15,18-19,25H,13,16-17H2,1-4H3,(H,35,45)(H,36,43)(H,38,44)/b12-7+/t25-/m0/s1. The number of halogens is 1. The summed E-state index contributed by atoms with van der Waals surface area (Å²) >= 11 is 6.23. The van der Waals surface area contributed by atoms with Crippen molar-refractivity contribution in [2.75, 3.05) is 25.5 Å². The number of methoxy groups -OCH3 is 1. The Morgan fingerprint density at radius 3 is 2.54 bits per heavy atom. The van der Waals surface area contributed by atoms with Crippen LogP contribution in [-0.4, -0.2) is 79.2 Å². The molecule has 4 aromatic rings. The molecular weight excluding hydrogens is 642 g/mol. The number of hydrogen-bond donors (Lipinski definition) is 3. The minimum atomic E-state index is -0.637. The molecule has 1 aliphatic heterocycles. The third kappa shape index (κ3) is 8.61. The second kappa shape index (κ2) is 14.5. The number of carbonyl (C=O) groups is 3. The van der Waals surface area contributed by atoms with E-state index in [4.69, 9.17) is 16.3 Å². The van der Waals surface area contributed by atoms with Crippen LogP contribution in [0.15, 0.2) is 65.7 Å². The number of nitrogens with one attached hydrogen (secondary N) is 3. The molecule has 48 heavy (non-hydrogen) atoms. The highest BCUT2D eigenvalue weighted by Crippen LogP contribution is 2.30. The van der Waals surface area contributed by atoms with E-state index in [9.17, 15) is 19.2 Å². The first-order valence-electron chi connectivity index (χ1n) is 14.9. The molecule has 0 saturated carbocycles. The van der Waals surface area contributed by atoms with Crippen molar-refractivity contribution < 1.29 is 23.9 Å². The third-order valence-corrected chi connectivity index (χ3v) is 7.54. The number of likely N-dealkylation sites (tertiary alicyclic amines) is 1. The lowest BCUT2D eigenvalue weighted by atomic mass is 9.90. The Hall–Kier alpha value is -5.57. The Morgan fingerprint density at radius 2 is 1.88 bits per heavy atom. The van der Waals surface area contributed by atoms with E-state index >= 15 is 0 Å². The van der Waals surface area contributed by atoms with E-state index in [0.29, 0.717) is 58.3 Å². The average molecular weight is 676 g/mol. The lowest BCUT2D eigenvalue weighted by Crippen LogP contribution is -2.52. The number of ether oxygens (including phenoxy) is 2. The zero-order valence-corrected chi connectivity index (χ0v) is 27.4. The highest BCUT2D eigenvalue weighted by atomic mass is 35.5. The smallest absolute Gasteiger partial charge is 0.411 e. The number of aromatic amines is 1. The van der Waals surface area contributed by atoms with Crippen LogP contribution in [0.3, 0.4) is 0 Å². The van der Waals surface area contributed by atoms with Crippen molar-refractivity contribution >= 4 is 41.5 Å². The highest BCUT2D eigenvalue weighted by Gasteiger charge is 2.36.